The van der Waals surface area contributed by atoms with Crippen molar-refractivity contribution in [3.63, 3.8) is 0 Å². The monoisotopic (exact) mass is 216 g/mol. The van der Waals surface area contributed by atoms with Gasteiger partial charge in [0.15, 0.2) is 15.8 Å². The van der Waals surface area contributed by atoms with Crippen molar-refractivity contribution in [1.82, 2.24) is 9.38 Å². The fraction of sp³-hybridized carbons (Fsp3) is 0.143. The molecule has 0 saturated heterocycles. The van der Waals surface area contributed by atoms with E-state index in [0.29, 0.717) is 4.96 Å². The van der Waals surface area contributed by atoms with Crippen LogP contribution >= 0.6 is 22.9 Å². The summed E-state index contributed by atoms with van der Waals surface area (Å²) in [7, 11) is 1.31. The van der Waals surface area contributed by atoms with Crippen LogP contribution in [0.2, 0.25) is 5.15 Å². The van der Waals surface area contributed by atoms with E-state index in [0.717, 1.165) is 0 Å². The Bertz CT molecular complexity index is 462. The van der Waals surface area contributed by atoms with Crippen LogP contribution in [0.3, 0.4) is 0 Å². The zero-order chi connectivity index (χ0) is 9.42. The summed E-state index contributed by atoms with van der Waals surface area (Å²) in [6.45, 7) is 0. The van der Waals surface area contributed by atoms with Crippen LogP contribution < -0.4 is 0 Å². The van der Waals surface area contributed by atoms with Gasteiger partial charge in [-0.1, -0.05) is 11.6 Å². The summed E-state index contributed by atoms with van der Waals surface area (Å²) in [5, 5.41) is 2.00. The molecule has 0 aliphatic carbocycles. The van der Waals surface area contributed by atoms with Gasteiger partial charge in [-0.15, -0.1) is 11.3 Å². The second-order valence-electron chi connectivity index (χ2n) is 2.30. The Kier molecular flexibility index (Phi) is 1.97. The fourth-order valence-corrected chi connectivity index (χ4v) is 2.05. The number of esters is 1. The van der Waals surface area contributed by atoms with Gasteiger partial charge in [-0.05, 0) is 0 Å². The van der Waals surface area contributed by atoms with E-state index in [9.17, 15) is 4.79 Å². The maximum absolute atomic E-state index is 11.2. The van der Waals surface area contributed by atoms with Gasteiger partial charge in [-0.3, -0.25) is 4.40 Å². The molecule has 0 amide bonds. The first-order chi connectivity index (χ1) is 6.24. The molecule has 0 fully saturated rings. The van der Waals surface area contributed by atoms with E-state index in [1.54, 1.807) is 10.6 Å². The number of nitrogens with zero attached hydrogens (tertiary/aromatic N) is 2. The summed E-state index contributed by atoms with van der Waals surface area (Å²) in [5.41, 5.74) is 0.278. The second-order valence-corrected chi connectivity index (χ2v) is 3.53. The number of thiazole rings is 1. The maximum atomic E-state index is 11.2. The molecule has 0 aliphatic rings. The van der Waals surface area contributed by atoms with Crippen molar-refractivity contribution >= 4 is 33.9 Å². The Hall–Kier alpha value is -1.07. The molecule has 0 radical (unpaired) electrons. The summed E-state index contributed by atoms with van der Waals surface area (Å²) >= 11 is 7.17. The highest BCUT2D eigenvalue weighted by Gasteiger charge is 2.18. The molecule has 0 aromatic carbocycles. The summed E-state index contributed by atoms with van der Waals surface area (Å²) < 4.78 is 6.18. The molecule has 4 nitrogen and oxygen atoms in total. The average molecular weight is 217 g/mol. The predicted octanol–water partition coefficient (Wildman–Crippen LogP) is 1.84. The van der Waals surface area contributed by atoms with Crippen molar-refractivity contribution in [2.24, 2.45) is 0 Å². The fourth-order valence-electron chi connectivity index (χ4n) is 1.04. The van der Waals surface area contributed by atoms with E-state index in [1.165, 1.54) is 18.4 Å². The third kappa shape index (κ3) is 1.20. The molecule has 2 aromatic rings. The van der Waals surface area contributed by atoms with E-state index >= 15 is 0 Å². The smallest absolute Gasteiger partial charge is 0.358 e. The number of aromatic nitrogens is 2. The number of methoxy groups -OCH3 is 1. The van der Waals surface area contributed by atoms with Gasteiger partial charge in [-0.25, -0.2) is 9.78 Å². The molecule has 0 saturated carbocycles. The van der Waals surface area contributed by atoms with E-state index in [1.807, 2.05) is 5.38 Å². The first-order valence-electron chi connectivity index (χ1n) is 3.43. The van der Waals surface area contributed by atoms with Gasteiger partial charge in [0.1, 0.15) is 0 Å². The van der Waals surface area contributed by atoms with Crippen LogP contribution in [0.15, 0.2) is 11.6 Å². The Morgan fingerprint density at radius 2 is 2.54 bits per heavy atom. The van der Waals surface area contributed by atoms with E-state index in [2.05, 4.69) is 9.72 Å². The molecule has 0 spiro atoms. The van der Waals surface area contributed by atoms with Gasteiger partial charge in [0, 0.05) is 11.6 Å². The minimum atomic E-state index is -0.476. The molecule has 2 aromatic heterocycles. The van der Waals surface area contributed by atoms with Crippen molar-refractivity contribution in [2.45, 2.75) is 0 Å². The second kappa shape index (κ2) is 3.01. The zero-order valence-electron chi connectivity index (χ0n) is 6.65. The molecule has 0 N–H and O–H groups in total. The Labute approximate surface area is 82.7 Å². The van der Waals surface area contributed by atoms with Crippen LogP contribution in [0, 0.1) is 0 Å². The van der Waals surface area contributed by atoms with Crippen molar-refractivity contribution in [1.29, 1.82) is 0 Å². The van der Waals surface area contributed by atoms with Crippen molar-refractivity contribution < 1.29 is 9.53 Å². The lowest BCUT2D eigenvalue weighted by atomic mass is 10.5. The highest BCUT2D eigenvalue weighted by molar-refractivity contribution is 7.15. The molecule has 0 unspecified atom stereocenters. The number of imidazole rings is 1. The molecule has 13 heavy (non-hydrogen) atoms. The molecule has 2 heterocycles. The third-order valence-corrected chi connectivity index (χ3v) is 2.62. The van der Waals surface area contributed by atoms with Gasteiger partial charge < -0.3 is 4.74 Å². The first kappa shape index (κ1) is 8.52. The van der Waals surface area contributed by atoms with Crippen LogP contribution in [0.4, 0.5) is 0 Å². The predicted molar refractivity (Wildman–Crippen MR) is 49.4 cm³/mol. The van der Waals surface area contributed by atoms with E-state index in [-0.39, 0.29) is 10.8 Å². The minimum absolute atomic E-state index is 0.179. The number of carbonyl (C=O) groups excluding carboxylic acids is 1. The molecule has 0 bridgehead atoms. The average Bonchev–Trinajstić information content (AvgIpc) is 2.62. The van der Waals surface area contributed by atoms with E-state index in [4.69, 9.17) is 11.6 Å². The number of fused-ring (bicyclic) bond motifs is 1. The number of ether oxygens (including phenoxy) is 1. The van der Waals surface area contributed by atoms with Crippen LogP contribution in [0.5, 0.6) is 0 Å². The van der Waals surface area contributed by atoms with Gasteiger partial charge in [0.2, 0.25) is 0 Å². The van der Waals surface area contributed by atoms with Crippen molar-refractivity contribution in [2.75, 3.05) is 7.11 Å². The van der Waals surface area contributed by atoms with Gasteiger partial charge in [0.25, 0.3) is 0 Å². The lowest BCUT2D eigenvalue weighted by Gasteiger charge is -1.95. The Morgan fingerprint density at radius 1 is 1.77 bits per heavy atom. The lowest BCUT2D eigenvalue weighted by Crippen LogP contribution is -2.04. The molecule has 68 valence electrons. The first-order valence-corrected chi connectivity index (χ1v) is 4.69. The van der Waals surface area contributed by atoms with Gasteiger partial charge in [-0.2, -0.15) is 0 Å². The molecule has 0 atom stereocenters. The quantitative estimate of drug-likeness (QED) is 0.684. The summed E-state index contributed by atoms with van der Waals surface area (Å²) in [6, 6.07) is 0. The molecular weight excluding hydrogens is 212 g/mol. The minimum Gasteiger partial charge on any atom is -0.464 e. The Morgan fingerprint density at radius 3 is 3.23 bits per heavy atom. The number of carbonyl (C=O) groups is 1. The largest absolute Gasteiger partial charge is 0.464 e. The van der Waals surface area contributed by atoms with E-state index < -0.39 is 5.97 Å². The summed E-state index contributed by atoms with van der Waals surface area (Å²) in [6.07, 6.45) is 1.73. The van der Waals surface area contributed by atoms with Crippen LogP contribution in [-0.2, 0) is 4.74 Å². The number of rotatable bonds is 1. The SMILES string of the molecule is COC(=O)c1c(Cl)nc2sccn12. The van der Waals surface area contributed by atoms with Gasteiger partial charge in [0.05, 0.1) is 7.11 Å². The van der Waals surface area contributed by atoms with Crippen molar-refractivity contribution in [3.05, 3.63) is 22.4 Å². The molecule has 0 aliphatic heterocycles. The standard InChI is InChI=1S/C7H5ClN2O2S/c1-12-6(11)4-5(8)9-7-10(4)2-3-13-7/h2-3H,1H3. The summed E-state index contributed by atoms with van der Waals surface area (Å²) in [4.78, 5) is 15.9. The zero-order valence-corrected chi connectivity index (χ0v) is 8.22. The normalized spacial score (nSPS) is 10.6. The summed E-state index contributed by atoms with van der Waals surface area (Å²) in [5.74, 6) is -0.476. The Balaban J connectivity index is 2.70. The molecule has 2 rings (SSSR count). The van der Waals surface area contributed by atoms with Gasteiger partial charge >= 0.3 is 5.97 Å². The highest BCUT2D eigenvalue weighted by Crippen LogP contribution is 2.21. The topological polar surface area (TPSA) is 43.6 Å². The van der Waals surface area contributed by atoms with Crippen LogP contribution in [0.25, 0.3) is 4.96 Å². The highest BCUT2D eigenvalue weighted by atomic mass is 35.5. The molecular formula is C7H5ClN2O2S. The van der Waals surface area contributed by atoms with Crippen molar-refractivity contribution in [3.8, 4) is 0 Å². The van der Waals surface area contributed by atoms with Crippen LogP contribution in [-0.4, -0.2) is 22.5 Å². The number of hydrogen-bond donors (Lipinski definition) is 0. The maximum Gasteiger partial charge on any atom is 0.358 e. The third-order valence-electron chi connectivity index (χ3n) is 1.60. The lowest BCUT2D eigenvalue weighted by molar-refractivity contribution is 0.0593. The number of hydrogen-bond acceptors (Lipinski definition) is 4. The number of halogens is 1. The van der Waals surface area contributed by atoms with Crippen LogP contribution in [0.1, 0.15) is 10.5 Å². The molecule has 6 heteroatoms.